The summed E-state index contributed by atoms with van der Waals surface area (Å²) in [7, 11) is 0. The zero-order valence-electron chi connectivity index (χ0n) is 12.3. The molecule has 0 radical (unpaired) electrons. The van der Waals surface area contributed by atoms with Crippen molar-refractivity contribution >= 4 is 11.6 Å². The molecule has 0 aliphatic heterocycles. The molecule has 0 bridgehead atoms. The van der Waals surface area contributed by atoms with Gasteiger partial charge in [-0.15, -0.1) is 0 Å². The van der Waals surface area contributed by atoms with Gasteiger partial charge in [-0.05, 0) is 41.7 Å². The van der Waals surface area contributed by atoms with Gasteiger partial charge in [-0.1, -0.05) is 43.3 Å². The Balaban J connectivity index is 1.83. The zero-order chi connectivity index (χ0) is 15.1. The second kappa shape index (κ2) is 7.60. The van der Waals surface area contributed by atoms with E-state index in [0.29, 0.717) is 6.42 Å². The number of aryl methyl sites for hydroxylation is 2. The SMILES string of the molecule is CCc1ccc(CCC(=O)Nc2ccc(CO)cc2)cc1. The molecule has 2 N–H and O–H groups in total. The highest BCUT2D eigenvalue weighted by Gasteiger charge is 2.03. The lowest BCUT2D eigenvalue weighted by molar-refractivity contribution is -0.116. The van der Waals surface area contributed by atoms with Crippen LogP contribution in [0.3, 0.4) is 0 Å². The third kappa shape index (κ3) is 4.72. The first-order chi connectivity index (χ1) is 10.2. The van der Waals surface area contributed by atoms with Gasteiger partial charge in [0.05, 0.1) is 6.61 Å². The molecule has 0 saturated heterocycles. The number of benzene rings is 2. The fourth-order valence-corrected chi connectivity index (χ4v) is 2.12. The van der Waals surface area contributed by atoms with Crippen molar-refractivity contribution in [1.29, 1.82) is 0 Å². The van der Waals surface area contributed by atoms with Crippen LogP contribution in [0.25, 0.3) is 0 Å². The molecule has 2 aromatic rings. The molecular formula is C18H21NO2. The highest BCUT2D eigenvalue weighted by molar-refractivity contribution is 5.90. The van der Waals surface area contributed by atoms with E-state index in [1.165, 1.54) is 11.1 Å². The van der Waals surface area contributed by atoms with E-state index in [1.54, 1.807) is 24.3 Å². The van der Waals surface area contributed by atoms with Crippen LogP contribution in [-0.2, 0) is 24.2 Å². The predicted molar refractivity (Wildman–Crippen MR) is 85.1 cm³/mol. The van der Waals surface area contributed by atoms with Crippen LogP contribution in [0.4, 0.5) is 5.69 Å². The molecule has 110 valence electrons. The maximum absolute atomic E-state index is 11.9. The Morgan fingerprint density at radius 2 is 1.52 bits per heavy atom. The Bertz CT molecular complexity index is 573. The molecule has 1 amide bonds. The fraction of sp³-hybridized carbons (Fsp3) is 0.278. The van der Waals surface area contributed by atoms with Crippen LogP contribution in [0.15, 0.2) is 48.5 Å². The molecule has 0 spiro atoms. The number of anilines is 1. The molecule has 2 rings (SSSR count). The Kier molecular flexibility index (Phi) is 5.52. The molecular weight excluding hydrogens is 262 g/mol. The van der Waals surface area contributed by atoms with Crippen LogP contribution in [0, 0.1) is 0 Å². The van der Waals surface area contributed by atoms with Crippen molar-refractivity contribution < 1.29 is 9.90 Å². The van der Waals surface area contributed by atoms with E-state index in [-0.39, 0.29) is 12.5 Å². The summed E-state index contributed by atoms with van der Waals surface area (Å²) in [5.41, 5.74) is 4.09. The van der Waals surface area contributed by atoms with Crippen molar-refractivity contribution in [3.63, 3.8) is 0 Å². The van der Waals surface area contributed by atoms with E-state index < -0.39 is 0 Å². The number of carbonyl (C=O) groups excluding carboxylic acids is 1. The Hall–Kier alpha value is -2.13. The van der Waals surface area contributed by atoms with Gasteiger partial charge in [-0.3, -0.25) is 4.79 Å². The summed E-state index contributed by atoms with van der Waals surface area (Å²) < 4.78 is 0. The van der Waals surface area contributed by atoms with E-state index in [0.717, 1.165) is 24.1 Å². The second-order valence-electron chi connectivity index (χ2n) is 5.07. The summed E-state index contributed by atoms with van der Waals surface area (Å²) in [5.74, 6) is 0.00585. The number of rotatable bonds is 6. The van der Waals surface area contributed by atoms with E-state index >= 15 is 0 Å². The third-order valence-corrected chi connectivity index (χ3v) is 3.49. The number of nitrogens with one attached hydrogen (secondary N) is 1. The minimum absolute atomic E-state index is 0.00585. The largest absolute Gasteiger partial charge is 0.392 e. The van der Waals surface area contributed by atoms with E-state index in [4.69, 9.17) is 5.11 Å². The fourth-order valence-electron chi connectivity index (χ4n) is 2.12. The van der Waals surface area contributed by atoms with Gasteiger partial charge >= 0.3 is 0 Å². The van der Waals surface area contributed by atoms with E-state index in [9.17, 15) is 4.79 Å². The van der Waals surface area contributed by atoms with E-state index in [1.807, 2.05) is 0 Å². The zero-order valence-corrected chi connectivity index (χ0v) is 12.3. The van der Waals surface area contributed by atoms with Crippen LogP contribution in [0.1, 0.15) is 30.0 Å². The third-order valence-electron chi connectivity index (χ3n) is 3.49. The summed E-state index contributed by atoms with van der Waals surface area (Å²) in [6.07, 6.45) is 2.24. The van der Waals surface area contributed by atoms with Gasteiger partial charge in [0, 0.05) is 12.1 Å². The number of amides is 1. The average Bonchev–Trinajstić information content (AvgIpc) is 2.54. The molecule has 0 aliphatic rings. The molecule has 3 heteroatoms. The maximum Gasteiger partial charge on any atom is 0.224 e. The van der Waals surface area contributed by atoms with Gasteiger partial charge < -0.3 is 10.4 Å². The van der Waals surface area contributed by atoms with Crippen LogP contribution >= 0.6 is 0 Å². The summed E-state index contributed by atoms with van der Waals surface area (Å²) in [4.78, 5) is 11.9. The van der Waals surface area contributed by atoms with Gasteiger partial charge in [-0.2, -0.15) is 0 Å². The normalized spacial score (nSPS) is 10.4. The van der Waals surface area contributed by atoms with Crippen molar-refractivity contribution in [1.82, 2.24) is 0 Å². The van der Waals surface area contributed by atoms with Gasteiger partial charge in [0.2, 0.25) is 5.91 Å². The van der Waals surface area contributed by atoms with Gasteiger partial charge in [0.25, 0.3) is 0 Å². The highest BCUT2D eigenvalue weighted by Crippen LogP contribution is 2.11. The summed E-state index contributed by atoms with van der Waals surface area (Å²) in [6.45, 7) is 2.15. The lowest BCUT2D eigenvalue weighted by Gasteiger charge is -2.06. The minimum Gasteiger partial charge on any atom is -0.392 e. The molecule has 3 nitrogen and oxygen atoms in total. The van der Waals surface area contributed by atoms with Gasteiger partial charge in [0.1, 0.15) is 0 Å². The molecule has 0 heterocycles. The minimum atomic E-state index is 0.00585. The first kappa shape index (κ1) is 15.3. The molecule has 21 heavy (non-hydrogen) atoms. The quantitative estimate of drug-likeness (QED) is 0.854. The number of aliphatic hydroxyl groups is 1. The second-order valence-corrected chi connectivity index (χ2v) is 5.07. The van der Waals surface area contributed by atoms with Gasteiger partial charge in [-0.25, -0.2) is 0 Å². The smallest absolute Gasteiger partial charge is 0.224 e. The van der Waals surface area contributed by atoms with Gasteiger partial charge in [0.15, 0.2) is 0 Å². The monoisotopic (exact) mass is 283 g/mol. The topological polar surface area (TPSA) is 49.3 Å². The Morgan fingerprint density at radius 1 is 0.952 bits per heavy atom. The van der Waals surface area contributed by atoms with Crippen molar-refractivity contribution in [2.24, 2.45) is 0 Å². The van der Waals surface area contributed by atoms with Crippen molar-refractivity contribution in [3.05, 3.63) is 65.2 Å². The molecule has 0 atom stereocenters. The number of aliphatic hydroxyl groups excluding tert-OH is 1. The summed E-state index contributed by atoms with van der Waals surface area (Å²) >= 11 is 0. The first-order valence-corrected chi connectivity index (χ1v) is 7.28. The molecule has 0 aliphatic carbocycles. The average molecular weight is 283 g/mol. The van der Waals surface area contributed by atoms with Crippen LogP contribution in [0.5, 0.6) is 0 Å². The molecule has 0 fully saturated rings. The lowest BCUT2D eigenvalue weighted by atomic mass is 10.1. The van der Waals surface area contributed by atoms with Crippen LogP contribution < -0.4 is 5.32 Å². The standard InChI is InChI=1S/C18H21NO2/c1-2-14-3-5-15(6-4-14)9-12-18(21)19-17-10-7-16(13-20)8-11-17/h3-8,10-11,20H,2,9,12-13H2,1H3,(H,19,21). The summed E-state index contributed by atoms with van der Waals surface area (Å²) in [6, 6.07) is 15.6. The molecule has 2 aromatic carbocycles. The van der Waals surface area contributed by atoms with Crippen molar-refractivity contribution in [2.45, 2.75) is 32.8 Å². The lowest BCUT2D eigenvalue weighted by Crippen LogP contribution is -2.12. The first-order valence-electron chi connectivity index (χ1n) is 7.28. The maximum atomic E-state index is 11.9. The number of hydrogen-bond acceptors (Lipinski definition) is 2. The van der Waals surface area contributed by atoms with E-state index in [2.05, 4.69) is 36.5 Å². The van der Waals surface area contributed by atoms with Crippen molar-refractivity contribution in [3.8, 4) is 0 Å². The van der Waals surface area contributed by atoms with Crippen molar-refractivity contribution in [2.75, 3.05) is 5.32 Å². The predicted octanol–water partition coefficient (Wildman–Crippen LogP) is 3.31. The number of hydrogen-bond donors (Lipinski definition) is 2. The van der Waals surface area contributed by atoms with Crippen LogP contribution in [-0.4, -0.2) is 11.0 Å². The Labute approximate surface area is 125 Å². The molecule has 0 aromatic heterocycles. The van der Waals surface area contributed by atoms with Crippen LogP contribution in [0.2, 0.25) is 0 Å². The Morgan fingerprint density at radius 3 is 2.10 bits per heavy atom. The summed E-state index contributed by atoms with van der Waals surface area (Å²) in [5, 5.41) is 11.8. The molecule has 0 unspecified atom stereocenters. The number of carbonyl (C=O) groups is 1. The molecule has 0 saturated carbocycles. The highest BCUT2D eigenvalue weighted by atomic mass is 16.3.